The lowest BCUT2D eigenvalue weighted by Crippen LogP contribution is -2.23. The maximum absolute atomic E-state index is 12.0. The van der Waals surface area contributed by atoms with Gasteiger partial charge in [-0.25, -0.2) is 0 Å². The van der Waals surface area contributed by atoms with Crippen molar-refractivity contribution in [1.29, 1.82) is 0 Å². The second-order valence-corrected chi connectivity index (χ2v) is 5.34. The number of halogens is 1. The highest BCUT2D eigenvalue weighted by Crippen LogP contribution is 2.18. The Bertz CT molecular complexity index is 802. The number of rotatable bonds is 5. The van der Waals surface area contributed by atoms with E-state index in [0.717, 1.165) is 11.1 Å². The number of carbonyl (C=O) groups excluding carboxylic acids is 1. The molecule has 0 bridgehead atoms. The molecule has 0 aliphatic heterocycles. The van der Waals surface area contributed by atoms with Crippen molar-refractivity contribution in [2.24, 2.45) is 0 Å². The average Bonchev–Trinajstić information content (AvgIpc) is 3.04. The van der Waals surface area contributed by atoms with Crippen molar-refractivity contribution >= 4 is 17.5 Å². The summed E-state index contributed by atoms with van der Waals surface area (Å²) in [6.07, 6.45) is 0.388. The molecule has 1 amide bonds. The van der Waals surface area contributed by atoms with Crippen molar-refractivity contribution in [1.82, 2.24) is 15.5 Å². The molecule has 5 nitrogen and oxygen atoms in total. The fourth-order valence-electron chi connectivity index (χ4n) is 2.08. The fourth-order valence-corrected chi connectivity index (χ4v) is 2.28. The minimum Gasteiger partial charge on any atom is -0.417 e. The van der Waals surface area contributed by atoms with Crippen LogP contribution in [-0.4, -0.2) is 16.1 Å². The molecule has 3 aromatic rings. The SMILES string of the molecule is O=C(NCc1ccccc1)c1nnc(Cc2ccccc2Cl)o1. The molecule has 6 heteroatoms. The third kappa shape index (κ3) is 3.96. The van der Waals surface area contributed by atoms with Crippen molar-refractivity contribution < 1.29 is 9.21 Å². The zero-order valence-electron chi connectivity index (χ0n) is 12.2. The molecule has 0 unspecified atom stereocenters. The van der Waals surface area contributed by atoms with Crippen molar-refractivity contribution in [2.75, 3.05) is 0 Å². The summed E-state index contributed by atoms with van der Waals surface area (Å²) < 4.78 is 5.40. The first kappa shape index (κ1) is 15.2. The van der Waals surface area contributed by atoms with E-state index in [4.69, 9.17) is 16.0 Å². The van der Waals surface area contributed by atoms with Gasteiger partial charge < -0.3 is 9.73 Å². The summed E-state index contributed by atoms with van der Waals surface area (Å²) in [7, 11) is 0. The van der Waals surface area contributed by atoms with Gasteiger partial charge in [0.25, 0.3) is 0 Å². The average molecular weight is 328 g/mol. The Hall–Kier alpha value is -2.66. The van der Waals surface area contributed by atoms with Gasteiger partial charge in [-0.1, -0.05) is 60.1 Å². The predicted octanol–water partition coefficient (Wildman–Crippen LogP) is 3.24. The number of carbonyl (C=O) groups is 1. The summed E-state index contributed by atoms with van der Waals surface area (Å²) in [4.78, 5) is 12.0. The lowest BCUT2D eigenvalue weighted by molar-refractivity contribution is 0.0914. The summed E-state index contributed by atoms with van der Waals surface area (Å²) in [5.41, 5.74) is 1.87. The topological polar surface area (TPSA) is 68.0 Å². The fraction of sp³-hybridized carbons (Fsp3) is 0.118. The highest BCUT2D eigenvalue weighted by Gasteiger charge is 2.15. The van der Waals surface area contributed by atoms with Crippen LogP contribution in [-0.2, 0) is 13.0 Å². The van der Waals surface area contributed by atoms with E-state index in [0.29, 0.717) is 23.9 Å². The van der Waals surface area contributed by atoms with Crippen LogP contribution in [0.2, 0.25) is 5.02 Å². The Balaban J connectivity index is 1.62. The second kappa shape index (κ2) is 7.07. The van der Waals surface area contributed by atoms with Gasteiger partial charge in [-0.2, -0.15) is 0 Å². The van der Waals surface area contributed by atoms with Crippen LogP contribution in [0.1, 0.15) is 27.7 Å². The zero-order valence-corrected chi connectivity index (χ0v) is 13.0. The molecule has 0 radical (unpaired) electrons. The third-order valence-electron chi connectivity index (χ3n) is 3.26. The number of aromatic nitrogens is 2. The largest absolute Gasteiger partial charge is 0.417 e. The van der Waals surface area contributed by atoms with Gasteiger partial charge in [0.2, 0.25) is 5.89 Å². The molecule has 0 aliphatic rings. The first-order valence-corrected chi connectivity index (χ1v) is 7.48. The van der Waals surface area contributed by atoms with Crippen LogP contribution in [0.15, 0.2) is 59.0 Å². The quantitative estimate of drug-likeness (QED) is 0.781. The lowest BCUT2D eigenvalue weighted by Gasteiger charge is -2.02. The van der Waals surface area contributed by atoms with E-state index >= 15 is 0 Å². The number of nitrogens with one attached hydrogen (secondary N) is 1. The Labute approximate surface area is 138 Å². The van der Waals surface area contributed by atoms with Gasteiger partial charge in [-0.3, -0.25) is 4.79 Å². The van der Waals surface area contributed by atoms with Gasteiger partial charge in [-0.05, 0) is 17.2 Å². The number of amides is 1. The second-order valence-electron chi connectivity index (χ2n) is 4.94. The van der Waals surface area contributed by atoms with Gasteiger partial charge >= 0.3 is 11.8 Å². The molecule has 116 valence electrons. The first-order chi connectivity index (χ1) is 11.2. The van der Waals surface area contributed by atoms with Crippen molar-refractivity contribution in [3.8, 4) is 0 Å². The number of hydrogen-bond donors (Lipinski definition) is 1. The molecule has 0 saturated heterocycles. The van der Waals surface area contributed by atoms with Gasteiger partial charge in [0.05, 0.1) is 6.42 Å². The minimum absolute atomic E-state index is 0.0528. The molecule has 1 heterocycles. The molecule has 0 atom stereocenters. The van der Waals surface area contributed by atoms with Crippen LogP contribution in [0.3, 0.4) is 0 Å². The summed E-state index contributed by atoms with van der Waals surface area (Å²) in [6, 6.07) is 17.0. The third-order valence-corrected chi connectivity index (χ3v) is 3.63. The van der Waals surface area contributed by atoms with Gasteiger partial charge in [0.1, 0.15) is 0 Å². The normalized spacial score (nSPS) is 10.5. The van der Waals surface area contributed by atoms with Crippen LogP contribution >= 0.6 is 11.6 Å². The van der Waals surface area contributed by atoms with Crippen molar-refractivity contribution in [2.45, 2.75) is 13.0 Å². The standard InChI is InChI=1S/C17H14ClN3O2/c18-14-9-5-4-8-13(14)10-15-20-21-17(23-15)16(22)19-11-12-6-2-1-3-7-12/h1-9H,10-11H2,(H,19,22). The molecule has 2 aromatic carbocycles. The highest BCUT2D eigenvalue weighted by atomic mass is 35.5. The van der Waals surface area contributed by atoms with E-state index in [2.05, 4.69) is 15.5 Å². The maximum Gasteiger partial charge on any atom is 0.309 e. The predicted molar refractivity (Wildman–Crippen MR) is 86.2 cm³/mol. The van der Waals surface area contributed by atoms with Gasteiger partial charge in [-0.15, -0.1) is 10.2 Å². The van der Waals surface area contributed by atoms with E-state index < -0.39 is 5.91 Å². The van der Waals surface area contributed by atoms with E-state index in [1.807, 2.05) is 48.5 Å². The summed E-state index contributed by atoms with van der Waals surface area (Å²) >= 11 is 6.09. The van der Waals surface area contributed by atoms with Crippen molar-refractivity contribution in [3.05, 3.63) is 82.5 Å². The number of hydrogen-bond acceptors (Lipinski definition) is 4. The molecule has 0 spiro atoms. The lowest BCUT2D eigenvalue weighted by atomic mass is 10.1. The summed E-state index contributed by atoms with van der Waals surface area (Å²) in [5, 5.41) is 11.0. The number of nitrogens with zero attached hydrogens (tertiary/aromatic N) is 2. The summed E-state index contributed by atoms with van der Waals surface area (Å²) in [5.74, 6) is -0.0993. The van der Waals surface area contributed by atoms with E-state index in [-0.39, 0.29) is 5.89 Å². The van der Waals surface area contributed by atoms with Crippen LogP contribution < -0.4 is 5.32 Å². The van der Waals surface area contributed by atoms with E-state index in [1.54, 1.807) is 6.07 Å². The van der Waals surface area contributed by atoms with Gasteiger partial charge in [0, 0.05) is 11.6 Å². The number of benzene rings is 2. The molecular weight excluding hydrogens is 314 g/mol. The highest BCUT2D eigenvalue weighted by molar-refractivity contribution is 6.31. The van der Waals surface area contributed by atoms with Crippen LogP contribution in [0.25, 0.3) is 0 Å². The Kier molecular flexibility index (Phi) is 4.68. The first-order valence-electron chi connectivity index (χ1n) is 7.10. The molecule has 23 heavy (non-hydrogen) atoms. The van der Waals surface area contributed by atoms with Crippen LogP contribution in [0, 0.1) is 0 Å². The van der Waals surface area contributed by atoms with Gasteiger partial charge in [0.15, 0.2) is 0 Å². The monoisotopic (exact) mass is 327 g/mol. The van der Waals surface area contributed by atoms with Crippen LogP contribution in [0.4, 0.5) is 0 Å². The molecule has 3 rings (SSSR count). The Morgan fingerprint density at radius 1 is 1.04 bits per heavy atom. The molecule has 1 N–H and O–H groups in total. The summed E-state index contributed by atoms with van der Waals surface area (Å²) in [6.45, 7) is 0.405. The molecule has 1 aromatic heterocycles. The molecule has 0 saturated carbocycles. The molecular formula is C17H14ClN3O2. The van der Waals surface area contributed by atoms with Crippen molar-refractivity contribution in [3.63, 3.8) is 0 Å². The maximum atomic E-state index is 12.0. The molecule has 0 aliphatic carbocycles. The minimum atomic E-state index is -0.397. The Morgan fingerprint density at radius 2 is 1.78 bits per heavy atom. The van der Waals surface area contributed by atoms with E-state index in [9.17, 15) is 4.79 Å². The smallest absolute Gasteiger partial charge is 0.309 e. The zero-order chi connectivity index (χ0) is 16.1. The Morgan fingerprint density at radius 3 is 2.57 bits per heavy atom. The van der Waals surface area contributed by atoms with Crippen LogP contribution in [0.5, 0.6) is 0 Å². The molecule has 0 fully saturated rings. The van der Waals surface area contributed by atoms with E-state index in [1.165, 1.54) is 0 Å².